The summed E-state index contributed by atoms with van der Waals surface area (Å²) < 4.78 is 1.62. The smallest absolute Gasteiger partial charge is 0.248 e. The number of carbonyl (C=O) groups excluding carboxylic acids is 2. The van der Waals surface area contributed by atoms with E-state index in [2.05, 4.69) is 22.6 Å². The van der Waals surface area contributed by atoms with Crippen LogP contribution in [0.3, 0.4) is 0 Å². The van der Waals surface area contributed by atoms with Crippen molar-refractivity contribution in [3.63, 3.8) is 0 Å². The molecule has 0 aliphatic heterocycles. The van der Waals surface area contributed by atoms with Crippen molar-refractivity contribution in [3.05, 3.63) is 46.7 Å². The molecule has 1 saturated carbocycles. The van der Waals surface area contributed by atoms with E-state index in [0.717, 1.165) is 54.4 Å². The van der Waals surface area contributed by atoms with Gasteiger partial charge in [-0.1, -0.05) is 49.6 Å². The Bertz CT molecular complexity index is 1010. The van der Waals surface area contributed by atoms with Crippen molar-refractivity contribution in [3.8, 4) is 0 Å². The van der Waals surface area contributed by atoms with Crippen LogP contribution >= 0.6 is 11.3 Å². The van der Waals surface area contributed by atoms with Gasteiger partial charge in [-0.3, -0.25) is 9.59 Å². The summed E-state index contributed by atoms with van der Waals surface area (Å²) in [5.41, 5.74) is 1.57. The Labute approximate surface area is 186 Å². The van der Waals surface area contributed by atoms with Crippen molar-refractivity contribution in [2.24, 2.45) is 0 Å². The minimum atomic E-state index is -0.616. The first kappa shape index (κ1) is 21.5. The van der Waals surface area contributed by atoms with Gasteiger partial charge in [0.25, 0.3) is 0 Å². The number of hydrogen-bond donors (Lipinski definition) is 1. The van der Waals surface area contributed by atoms with Gasteiger partial charge in [0, 0.05) is 17.5 Å². The van der Waals surface area contributed by atoms with Crippen LogP contribution in [0.2, 0.25) is 0 Å². The Kier molecular flexibility index (Phi) is 6.96. The lowest BCUT2D eigenvalue weighted by atomic mass is 10.1. The van der Waals surface area contributed by atoms with Crippen molar-refractivity contribution >= 4 is 34.2 Å². The molecule has 0 radical (unpaired) electrons. The van der Waals surface area contributed by atoms with E-state index in [0.29, 0.717) is 6.54 Å². The maximum atomic E-state index is 13.5. The number of aromatic nitrogens is 3. The summed E-state index contributed by atoms with van der Waals surface area (Å²) in [6, 6.07) is 11.1. The zero-order chi connectivity index (χ0) is 21.6. The highest BCUT2D eigenvalue weighted by Gasteiger charge is 2.33. The third kappa shape index (κ3) is 4.95. The molecule has 7 nitrogen and oxygen atoms in total. The van der Waals surface area contributed by atoms with Gasteiger partial charge in [0.1, 0.15) is 18.1 Å². The molecule has 1 aromatic carbocycles. The van der Waals surface area contributed by atoms with Crippen LogP contribution < -0.4 is 5.32 Å². The first-order chi connectivity index (χ1) is 15.2. The molecule has 1 aliphatic carbocycles. The molecule has 1 atom stereocenters. The lowest BCUT2D eigenvalue weighted by Gasteiger charge is -2.31. The maximum absolute atomic E-state index is 13.5. The zero-order valence-corrected chi connectivity index (χ0v) is 18.7. The van der Waals surface area contributed by atoms with Crippen LogP contribution in [0.4, 0.5) is 0 Å². The summed E-state index contributed by atoms with van der Waals surface area (Å²) in [5.74, 6) is -0.202. The summed E-state index contributed by atoms with van der Waals surface area (Å²) in [6.45, 7) is 2.68. The lowest BCUT2D eigenvalue weighted by Crippen LogP contribution is -2.47. The molecule has 0 spiro atoms. The van der Waals surface area contributed by atoms with Gasteiger partial charge in [0.05, 0.1) is 5.52 Å². The van der Waals surface area contributed by atoms with Gasteiger partial charge in [-0.05, 0) is 42.8 Å². The molecule has 2 heterocycles. The summed E-state index contributed by atoms with van der Waals surface area (Å²) in [4.78, 5) is 29.5. The van der Waals surface area contributed by atoms with Gasteiger partial charge in [-0.25, -0.2) is 4.68 Å². The number of para-hydroxylation sites is 1. The third-order valence-electron chi connectivity index (χ3n) is 5.85. The van der Waals surface area contributed by atoms with Crippen LogP contribution in [-0.4, -0.2) is 44.3 Å². The molecule has 0 bridgehead atoms. The Morgan fingerprint density at radius 1 is 1.23 bits per heavy atom. The van der Waals surface area contributed by atoms with Crippen molar-refractivity contribution < 1.29 is 9.59 Å². The van der Waals surface area contributed by atoms with Crippen molar-refractivity contribution in [2.45, 2.75) is 64.1 Å². The van der Waals surface area contributed by atoms with E-state index in [4.69, 9.17) is 0 Å². The van der Waals surface area contributed by atoms with E-state index in [1.165, 1.54) is 11.3 Å². The predicted octanol–water partition coefficient (Wildman–Crippen LogP) is 3.92. The van der Waals surface area contributed by atoms with E-state index in [-0.39, 0.29) is 24.4 Å². The lowest BCUT2D eigenvalue weighted by molar-refractivity contribution is -0.141. The van der Waals surface area contributed by atoms with Gasteiger partial charge in [-0.15, -0.1) is 16.4 Å². The molecule has 8 heteroatoms. The second kappa shape index (κ2) is 10.0. The third-order valence-corrected chi connectivity index (χ3v) is 6.78. The molecule has 3 aromatic rings. The van der Waals surface area contributed by atoms with Gasteiger partial charge in [0.2, 0.25) is 11.8 Å². The van der Waals surface area contributed by atoms with Gasteiger partial charge >= 0.3 is 0 Å². The van der Waals surface area contributed by atoms with Crippen molar-refractivity contribution in [1.82, 2.24) is 25.2 Å². The number of nitrogens with zero attached hydrogens (tertiary/aromatic N) is 4. The fourth-order valence-electron chi connectivity index (χ4n) is 4.20. The highest BCUT2D eigenvalue weighted by Crippen LogP contribution is 2.28. The molecular formula is C23H29N5O2S. The van der Waals surface area contributed by atoms with E-state index < -0.39 is 6.04 Å². The Hall–Kier alpha value is -2.74. The molecule has 31 heavy (non-hydrogen) atoms. The predicted molar refractivity (Wildman–Crippen MR) is 122 cm³/mol. The second-order valence-electron chi connectivity index (χ2n) is 8.08. The summed E-state index contributed by atoms with van der Waals surface area (Å²) in [7, 11) is 0. The molecule has 1 fully saturated rings. The fourth-order valence-corrected chi connectivity index (χ4v) is 5.04. The number of amides is 2. The minimum Gasteiger partial charge on any atom is -0.351 e. The highest BCUT2D eigenvalue weighted by molar-refractivity contribution is 7.10. The van der Waals surface area contributed by atoms with E-state index in [1.54, 1.807) is 9.58 Å². The molecule has 1 N–H and O–H groups in total. The fraction of sp³-hybridized carbons (Fsp3) is 0.478. The molecule has 1 aliphatic rings. The number of unbranched alkanes of at least 4 members (excludes halogenated alkanes) is 1. The van der Waals surface area contributed by atoms with E-state index >= 15 is 0 Å². The number of fused-ring (bicyclic) bond motifs is 1. The van der Waals surface area contributed by atoms with Crippen molar-refractivity contribution in [1.29, 1.82) is 0 Å². The SMILES string of the molecule is CCCCN(C(=O)Cn1nnc2ccccc21)[C@H](C(=O)NC1CCCC1)c1cccs1. The number of nitrogens with one attached hydrogen (secondary N) is 1. The molecule has 2 aromatic heterocycles. The highest BCUT2D eigenvalue weighted by atomic mass is 32.1. The number of thiophene rings is 1. The van der Waals surface area contributed by atoms with Crippen LogP contribution in [0.1, 0.15) is 56.4 Å². The van der Waals surface area contributed by atoms with Gasteiger partial charge < -0.3 is 10.2 Å². The van der Waals surface area contributed by atoms with Crippen molar-refractivity contribution in [2.75, 3.05) is 6.54 Å². The summed E-state index contributed by atoms with van der Waals surface area (Å²) in [5, 5.41) is 13.5. The van der Waals surface area contributed by atoms with Crippen LogP contribution in [0.15, 0.2) is 41.8 Å². The summed E-state index contributed by atoms with van der Waals surface area (Å²) >= 11 is 1.52. The Balaban J connectivity index is 1.60. The molecule has 164 valence electrons. The number of benzene rings is 1. The average molecular weight is 440 g/mol. The van der Waals surface area contributed by atoms with Crippen LogP contribution in [-0.2, 0) is 16.1 Å². The quantitative estimate of drug-likeness (QED) is 0.548. The molecule has 0 unspecified atom stereocenters. The molecule has 2 amide bonds. The molecular weight excluding hydrogens is 410 g/mol. The second-order valence-corrected chi connectivity index (χ2v) is 9.06. The maximum Gasteiger partial charge on any atom is 0.248 e. The monoisotopic (exact) mass is 439 g/mol. The Morgan fingerprint density at radius 3 is 2.77 bits per heavy atom. The van der Waals surface area contributed by atoms with Crippen LogP contribution in [0.5, 0.6) is 0 Å². The summed E-state index contributed by atoms with van der Waals surface area (Å²) in [6.07, 6.45) is 6.09. The van der Waals surface area contributed by atoms with Gasteiger partial charge in [-0.2, -0.15) is 0 Å². The Morgan fingerprint density at radius 2 is 2.03 bits per heavy atom. The normalized spacial score (nSPS) is 15.3. The van der Waals surface area contributed by atoms with E-state index in [1.807, 2.05) is 41.8 Å². The molecule has 4 rings (SSSR count). The first-order valence-corrected chi connectivity index (χ1v) is 12.0. The first-order valence-electron chi connectivity index (χ1n) is 11.1. The van der Waals surface area contributed by atoms with Gasteiger partial charge in [0.15, 0.2) is 0 Å². The topological polar surface area (TPSA) is 80.1 Å². The van der Waals surface area contributed by atoms with E-state index in [9.17, 15) is 9.59 Å². The largest absolute Gasteiger partial charge is 0.351 e. The van der Waals surface area contributed by atoms with Crippen LogP contribution in [0.25, 0.3) is 11.0 Å². The van der Waals surface area contributed by atoms with Crippen LogP contribution in [0, 0.1) is 0 Å². The minimum absolute atomic E-state index is 0.0583. The standard InChI is InChI=1S/C23H29N5O2S/c1-2-3-14-27(21(29)16-28-19-12-7-6-11-18(19)25-26-28)22(20-13-8-15-31-20)23(30)24-17-9-4-5-10-17/h6-8,11-13,15,17,22H,2-5,9-10,14,16H2,1H3,(H,24,30)/t22-/m0/s1. The average Bonchev–Trinajstić information content (AvgIpc) is 3.54. The number of rotatable bonds is 9. The zero-order valence-electron chi connectivity index (χ0n) is 17.9. The number of carbonyl (C=O) groups is 2. The molecule has 0 saturated heterocycles. The number of hydrogen-bond acceptors (Lipinski definition) is 5.